The molecule has 54 heavy (non-hydrogen) atoms. The van der Waals surface area contributed by atoms with Gasteiger partial charge in [-0.2, -0.15) is 0 Å². The van der Waals surface area contributed by atoms with Crippen molar-refractivity contribution in [2.75, 3.05) is 18.8 Å². The van der Waals surface area contributed by atoms with Crippen molar-refractivity contribution in [3.63, 3.8) is 0 Å². The third kappa shape index (κ3) is 8.96. The molecule has 5 amide bonds. The third-order valence-electron chi connectivity index (χ3n) is 14.2. The van der Waals surface area contributed by atoms with Gasteiger partial charge in [-0.25, -0.2) is 13.2 Å². The van der Waals surface area contributed by atoms with Crippen molar-refractivity contribution in [2.45, 2.75) is 173 Å². The first kappa shape index (κ1) is 40.9. The molecule has 0 radical (unpaired) electrons. The van der Waals surface area contributed by atoms with E-state index < -0.39 is 67.3 Å². The molecule has 1 heterocycles. The number of nitrogens with one attached hydrogen (secondary N) is 4. The number of likely N-dealkylation sites (tertiary alicyclic amines) is 1. The Balaban J connectivity index is 1.22. The third-order valence-corrected chi connectivity index (χ3v) is 17.0. The summed E-state index contributed by atoms with van der Waals surface area (Å²) in [5.74, 6) is -1.36. The number of sulfone groups is 1. The Bertz CT molecular complexity index is 1570. The standard InChI is InChI=1S/C41H67N5O7S/c1-38(2,3)54(52,53)25-41(20-11-8-12-21-41)45-37(51)44-33(40(6)18-9-7-10-19-40)36(50)46-24-28-30(39(28,4)5)31(46)34(48)43-29(23-27-15-16-27)32(47)35(49)42-22-17-26-13-14-26/h26-31,33H,7-25H2,1-6H3,(H,42,49)(H,43,48)(H2,44,45,51)/t28-,29?,30-,31-,33+/m0/s1. The summed E-state index contributed by atoms with van der Waals surface area (Å²) < 4.78 is 26.0. The molecule has 5 atom stereocenters. The summed E-state index contributed by atoms with van der Waals surface area (Å²) in [6.07, 6.45) is 13.4. The molecule has 0 aromatic rings. The van der Waals surface area contributed by atoms with Gasteiger partial charge in [0.05, 0.1) is 22.1 Å². The van der Waals surface area contributed by atoms with E-state index in [1.165, 1.54) is 0 Å². The fraction of sp³-hybridized carbons (Fsp3) is 0.878. The maximum absolute atomic E-state index is 15.0. The highest BCUT2D eigenvalue weighted by molar-refractivity contribution is 7.92. The van der Waals surface area contributed by atoms with Crippen molar-refractivity contribution >= 4 is 39.4 Å². The summed E-state index contributed by atoms with van der Waals surface area (Å²) in [4.78, 5) is 71.6. The number of carbonyl (C=O) groups is 5. The van der Waals surface area contributed by atoms with Crippen molar-refractivity contribution in [3.05, 3.63) is 0 Å². The summed E-state index contributed by atoms with van der Waals surface area (Å²) in [5, 5.41) is 11.9. The number of fused-ring (bicyclic) bond motifs is 1. The lowest BCUT2D eigenvalue weighted by molar-refractivity contribution is -0.146. The van der Waals surface area contributed by atoms with Crippen LogP contribution in [0, 0.1) is 34.5 Å². The fourth-order valence-corrected chi connectivity index (χ4v) is 11.4. The lowest BCUT2D eigenvalue weighted by Crippen LogP contribution is -2.65. The van der Waals surface area contributed by atoms with Crippen LogP contribution in [0.5, 0.6) is 0 Å². The van der Waals surface area contributed by atoms with E-state index >= 15 is 0 Å². The molecular weight excluding hydrogens is 707 g/mol. The summed E-state index contributed by atoms with van der Waals surface area (Å²) >= 11 is 0. The predicted molar refractivity (Wildman–Crippen MR) is 207 cm³/mol. The van der Waals surface area contributed by atoms with Gasteiger partial charge in [0.2, 0.25) is 17.6 Å². The van der Waals surface area contributed by atoms with Crippen molar-refractivity contribution < 1.29 is 32.4 Å². The van der Waals surface area contributed by atoms with Crippen LogP contribution in [0.2, 0.25) is 0 Å². The molecule has 5 aliphatic carbocycles. The molecular formula is C41H67N5O7S. The predicted octanol–water partition coefficient (Wildman–Crippen LogP) is 4.79. The molecule has 13 heteroatoms. The number of Topliss-reactive ketones (excluding diaryl/α,β-unsaturated/α-hetero) is 1. The molecule has 6 fully saturated rings. The van der Waals surface area contributed by atoms with Gasteiger partial charge in [0.15, 0.2) is 9.84 Å². The van der Waals surface area contributed by atoms with Crippen LogP contribution in [0.15, 0.2) is 0 Å². The second kappa shape index (κ2) is 15.3. The molecule has 0 aromatic heterocycles. The van der Waals surface area contributed by atoms with E-state index in [4.69, 9.17) is 0 Å². The number of ketones is 1. The first-order valence-electron chi connectivity index (χ1n) is 21.0. The number of hydrogen-bond donors (Lipinski definition) is 4. The van der Waals surface area contributed by atoms with E-state index in [0.717, 1.165) is 83.5 Å². The average molecular weight is 774 g/mol. The van der Waals surface area contributed by atoms with Crippen molar-refractivity contribution in [3.8, 4) is 0 Å². The maximum Gasteiger partial charge on any atom is 0.315 e. The van der Waals surface area contributed by atoms with E-state index in [1.807, 2.05) is 6.92 Å². The number of hydrogen-bond acceptors (Lipinski definition) is 7. The number of rotatable bonds is 15. The normalized spacial score (nSPS) is 28.2. The Kier molecular flexibility index (Phi) is 11.6. The summed E-state index contributed by atoms with van der Waals surface area (Å²) in [6, 6.07) is -3.30. The molecule has 0 aromatic carbocycles. The van der Waals surface area contributed by atoms with E-state index in [9.17, 15) is 32.4 Å². The van der Waals surface area contributed by atoms with Gasteiger partial charge in [0.1, 0.15) is 12.1 Å². The number of carbonyl (C=O) groups excluding carboxylic acids is 5. The van der Waals surface area contributed by atoms with Gasteiger partial charge in [-0.1, -0.05) is 85.0 Å². The largest absolute Gasteiger partial charge is 0.349 e. The highest BCUT2D eigenvalue weighted by Crippen LogP contribution is 2.65. The fourth-order valence-electron chi connectivity index (χ4n) is 9.90. The first-order valence-corrected chi connectivity index (χ1v) is 22.7. The SMILES string of the molecule is CC1([C@H](NC(=O)NC2(CS(=O)(=O)C(C)(C)C)CCCCC2)C(=O)N2C[C@H]3[C@@H]([C@H]2C(=O)NC(CC2CC2)C(=O)C(=O)NCCC2CC2)C3(C)C)CCCCC1. The Hall–Kier alpha value is -2.70. The van der Waals surface area contributed by atoms with Gasteiger partial charge < -0.3 is 26.2 Å². The molecule has 1 saturated heterocycles. The number of piperidine rings is 1. The quantitative estimate of drug-likeness (QED) is 0.173. The van der Waals surface area contributed by atoms with Crippen LogP contribution in [-0.4, -0.2) is 90.1 Å². The number of nitrogens with zero attached hydrogens (tertiary/aromatic N) is 1. The minimum atomic E-state index is -3.56. The van der Waals surface area contributed by atoms with Crippen molar-refractivity contribution in [2.24, 2.45) is 34.5 Å². The Morgan fingerprint density at radius 3 is 1.98 bits per heavy atom. The second-order valence-corrected chi connectivity index (χ2v) is 22.7. The van der Waals surface area contributed by atoms with Crippen LogP contribution < -0.4 is 21.3 Å². The lowest BCUT2D eigenvalue weighted by Gasteiger charge is -2.44. The molecule has 0 spiro atoms. The van der Waals surface area contributed by atoms with Crippen LogP contribution in [0.25, 0.3) is 0 Å². The van der Waals surface area contributed by atoms with Crippen molar-refractivity contribution in [1.29, 1.82) is 0 Å². The maximum atomic E-state index is 15.0. The van der Waals surface area contributed by atoms with E-state index in [0.29, 0.717) is 38.3 Å². The monoisotopic (exact) mass is 773 g/mol. The smallest absolute Gasteiger partial charge is 0.315 e. The van der Waals surface area contributed by atoms with E-state index in [2.05, 4.69) is 35.1 Å². The Labute approximate surface area is 323 Å². The van der Waals surface area contributed by atoms with Gasteiger partial charge in [0.25, 0.3) is 5.91 Å². The first-order chi connectivity index (χ1) is 25.3. The zero-order chi connectivity index (χ0) is 39.3. The van der Waals surface area contributed by atoms with E-state index in [-0.39, 0.29) is 34.8 Å². The van der Waals surface area contributed by atoms with Gasteiger partial charge >= 0.3 is 6.03 Å². The lowest BCUT2D eigenvalue weighted by atomic mass is 9.70. The van der Waals surface area contributed by atoms with E-state index in [1.54, 1.807) is 25.7 Å². The Morgan fingerprint density at radius 2 is 1.41 bits per heavy atom. The topological polar surface area (TPSA) is 171 Å². The minimum absolute atomic E-state index is 0.0854. The molecule has 6 rings (SSSR count). The second-order valence-electron chi connectivity index (χ2n) is 19.9. The minimum Gasteiger partial charge on any atom is -0.349 e. The summed E-state index contributed by atoms with van der Waals surface area (Å²) in [6.45, 7) is 12.1. The molecule has 4 N–H and O–H groups in total. The molecule has 6 aliphatic rings. The molecule has 0 bridgehead atoms. The summed E-state index contributed by atoms with van der Waals surface area (Å²) in [5.41, 5.74) is -1.70. The number of urea groups is 1. The highest BCUT2D eigenvalue weighted by atomic mass is 32.2. The van der Waals surface area contributed by atoms with Gasteiger partial charge in [-0.05, 0) is 93.8 Å². The molecule has 12 nitrogen and oxygen atoms in total. The van der Waals surface area contributed by atoms with Crippen LogP contribution >= 0.6 is 0 Å². The number of amides is 5. The molecule has 5 saturated carbocycles. The highest BCUT2D eigenvalue weighted by Gasteiger charge is 2.70. The van der Waals surface area contributed by atoms with Crippen LogP contribution in [-0.2, 0) is 29.0 Å². The van der Waals surface area contributed by atoms with Crippen LogP contribution in [0.3, 0.4) is 0 Å². The van der Waals surface area contributed by atoms with Gasteiger partial charge in [-0.15, -0.1) is 0 Å². The summed E-state index contributed by atoms with van der Waals surface area (Å²) in [7, 11) is -3.56. The van der Waals surface area contributed by atoms with Crippen molar-refractivity contribution in [1.82, 2.24) is 26.2 Å². The molecule has 304 valence electrons. The average Bonchev–Trinajstić information content (AvgIpc) is 4.05. The van der Waals surface area contributed by atoms with Gasteiger partial charge in [-0.3, -0.25) is 19.2 Å². The molecule has 1 aliphatic heterocycles. The zero-order valence-electron chi connectivity index (χ0n) is 33.7. The van der Waals surface area contributed by atoms with Crippen LogP contribution in [0.1, 0.15) is 144 Å². The molecule has 1 unspecified atom stereocenters. The zero-order valence-corrected chi connectivity index (χ0v) is 34.5. The van der Waals surface area contributed by atoms with Gasteiger partial charge in [0, 0.05) is 13.1 Å². The van der Waals surface area contributed by atoms with Crippen LogP contribution in [0.4, 0.5) is 4.79 Å². The Morgan fingerprint density at radius 1 is 0.815 bits per heavy atom.